The molecule has 0 aliphatic carbocycles. The van der Waals surface area contributed by atoms with Crippen molar-refractivity contribution < 1.29 is 33.2 Å². The Hall–Kier alpha value is -3.88. The first-order chi connectivity index (χ1) is 18.1. The third-order valence-corrected chi connectivity index (χ3v) is 5.17. The minimum absolute atomic E-state index is 0.0221. The second-order valence-corrected chi connectivity index (χ2v) is 9.25. The molecule has 0 radical (unpaired) electrons. The number of nitrogens with zero attached hydrogens (tertiary/aromatic N) is 2. The number of amides is 2. The van der Waals surface area contributed by atoms with Crippen LogP contribution in [0.1, 0.15) is 56.8 Å². The van der Waals surface area contributed by atoms with Crippen molar-refractivity contribution in [2.75, 3.05) is 27.7 Å². The molecule has 0 bridgehead atoms. The highest BCUT2D eigenvalue weighted by Crippen LogP contribution is 2.14. The summed E-state index contributed by atoms with van der Waals surface area (Å²) >= 11 is 0. The number of aromatic nitrogens is 1. The van der Waals surface area contributed by atoms with Gasteiger partial charge < -0.3 is 24.4 Å². The molecule has 0 unspecified atom stereocenters. The Morgan fingerprint density at radius 1 is 1.18 bits per heavy atom. The maximum absolute atomic E-state index is 12.3. The van der Waals surface area contributed by atoms with E-state index in [0.717, 1.165) is 24.8 Å². The molecule has 1 heterocycles. The highest BCUT2D eigenvalue weighted by molar-refractivity contribution is 5.93. The van der Waals surface area contributed by atoms with Crippen LogP contribution in [0.3, 0.4) is 0 Å². The molecule has 9 heteroatoms. The summed E-state index contributed by atoms with van der Waals surface area (Å²) in [5.41, 5.74) is 1.25. The zero-order chi connectivity index (χ0) is 28.5. The Bertz CT molecular complexity index is 1040. The Labute approximate surface area is 226 Å². The second-order valence-electron chi connectivity index (χ2n) is 9.25. The number of allylic oxidation sites excluding steroid dienone is 4. The van der Waals surface area contributed by atoms with Crippen LogP contribution in [0.2, 0.25) is 0 Å². The van der Waals surface area contributed by atoms with Crippen molar-refractivity contribution in [1.29, 1.82) is 0 Å². The van der Waals surface area contributed by atoms with Gasteiger partial charge in [-0.25, -0.2) is 4.79 Å². The summed E-state index contributed by atoms with van der Waals surface area (Å²) in [6.45, 7) is 9.94. The molecule has 1 N–H and O–H groups in total. The molecule has 0 aliphatic heterocycles. The fourth-order valence-corrected chi connectivity index (χ4v) is 3.17. The van der Waals surface area contributed by atoms with Gasteiger partial charge in [0.15, 0.2) is 23.9 Å². The van der Waals surface area contributed by atoms with E-state index >= 15 is 0 Å². The van der Waals surface area contributed by atoms with Crippen LogP contribution >= 0.6 is 0 Å². The van der Waals surface area contributed by atoms with Crippen molar-refractivity contribution in [1.82, 2.24) is 10.2 Å². The first-order valence-electron chi connectivity index (χ1n) is 12.6. The molecule has 1 rings (SSSR count). The Balaban J connectivity index is 2.63. The number of ether oxygens (including phenoxy) is 3. The van der Waals surface area contributed by atoms with Crippen molar-refractivity contribution in [3.63, 3.8) is 0 Å². The number of pyridine rings is 1. The minimum Gasteiger partial charge on any atom is -0.493 e. The summed E-state index contributed by atoms with van der Waals surface area (Å²) in [6, 6.07) is 3.35. The lowest BCUT2D eigenvalue weighted by Gasteiger charge is -2.11. The number of rotatable bonds is 15. The van der Waals surface area contributed by atoms with E-state index in [1.807, 2.05) is 6.92 Å². The van der Waals surface area contributed by atoms with Crippen LogP contribution in [0, 0.1) is 5.92 Å². The molecule has 38 heavy (non-hydrogen) atoms. The van der Waals surface area contributed by atoms with Crippen LogP contribution in [0.25, 0.3) is 0 Å². The van der Waals surface area contributed by atoms with Gasteiger partial charge in [0.1, 0.15) is 5.56 Å². The van der Waals surface area contributed by atoms with Gasteiger partial charge in [-0.3, -0.25) is 9.59 Å². The van der Waals surface area contributed by atoms with Crippen LogP contribution in [-0.2, 0) is 25.7 Å². The first-order valence-corrected chi connectivity index (χ1v) is 12.6. The zero-order valence-electron chi connectivity index (χ0n) is 23.5. The Kier molecular flexibility index (Phi) is 14.9. The van der Waals surface area contributed by atoms with E-state index in [-0.39, 0.29) is 30.1 Å². The van der Waals surface area contributed by atoms with Gasteiger partial charge >= 0.3 is 6.16 Å². The summed E-state index contributed by atoms with van der Waals surface area (Å²) in [4.78, 5) is 38.0. The summed E-state index contributed by atoms with van der Waals surface area (Å²) in [7, 11) is 4.75. The van der Waals surface area contributed by atoms with Crippen LogP contribution < -0.4 is 9.88 Å². The minimum atomic E-state index is -0.964. The maximum Gasteiger partial charge on any atom is 0.518 e. The molecule has 2 amide bonds. The molecule has 0 atom stereocenters. The number of hydrogen-bond acceptors (Lipinski definition) is 6. The SMILES string of the molecule is C=CC(OC(=O)OC[n+]1cccc(C(=O)N(C)C)c1)=C(C=C(C)CNC(=O)CCCCC=CC(C)C)OC. The van der Waals surface area contributed by atoms with Gasteiger partial charge in [-0.1, -0.05) is 38.2 Å². The fourth-order valence-electron chi connectivity index (χ4n) is 3.17. The Morgan fingerprint density at radius 3 is 2.55 bits per heavy atom. The molecule has 0 saturated heterocycles. The molecule has 1 aromatic heterocycles. The van der Waals surface area contributed by atoms with Gasteiger partial charge in [-0.05, 0) is 50.3 Å². The van der Waals surface area contributed by atoms with Crippen molar-refractivity contribution in [2.24, 2.45) is 5.92 Å². The van der Waals surface area contributed by atoms with E-state index in [9.17, 15) is 14.4 Å². The summed E-state index contributed by atoms with van der Waals surface area (Å²) < 4.78 is 17.3. The van der Waals surface area contributed by atoms with Crippen LogP contribution in [-0.4, -0.2) is 50.6 Å². The molecular formula is C29H42N3O6+. The van der Waals surface area contributed by atoms with Crippen molar-refractivity contribution >= 4 is 18.0 Å². The predicted octanol–water partition coefficient (Wildman–Crippen LogP) is 4.67. The molecule has 9 nitrogen and oxygen atoms in total. The van der Waals surface area contributed by atoms with Crippen molar-refractivity contribution in [3.05, 3.63) is 78.1 Å². The van der Waals surface area contributed by atoms with E-state index in [1.165, 1.54) is 18.1 Å². The molecule has 0 saturated carbocycles. The number of carbonyl (C=O) groups is 3. The van der Waals surface area contributed by atoms with Crippen LogP contribution in [0.5, 0.6) is 0 Å². The molecule has 208 valence electrons. The molecule has 0 spiro atoms. The van der Waals surface area contributed by atoms with Crippen molar-refractivity contribution in [2.45, 2.75) is 53.2 Å². The maximum atomic E-state index is 12.3. The fraction of sp³-hybridized carbons (Fsp3) is 0.448. The van der Waals surface area contributed by atoms with E-state index in [2.05, 4.69) is 37.9 Å². The standard InChI is InChI=1S/C29H41N3O6/c1-8-25(38-29(35)37-21-32-17-13-15-24(20-32)28(34)31(5)6)26(36-7)18-23(4)19-30-27(33)16-12-10-9-11-14-22(2)3/h8,11,13-15,17-18,20,22H,1,9-10,12,16,19,21H2,2-7H3/p+1. The van der Waals surface area contributed by atoms with E-state index in [4.69, 9.17) is 14.2 Å². The molecule has 0 aliphatic rings. The molecular weight excluding hydrogens is 486 g/mol. The second kappa shape index (κ2) is 17.6. The lowest BCUT2D eigenvalue weighted by molar-refractivity contribution is -0.727. The van der Waals surface area contributed by atoms with E-state index in [1.54, 1.807) is 49.3 Å². The van der Waals surface area contributed by atoms with Gasteiger partial charge in [-0.2, -0.15) is 4.57 Å². The van der Waals surface area contributed by atoms with Gasteiger partial charge in [0.2, 0.25) is 5.91 Å². The van der Waals surface area contributed by atoms with Gasteiger partial charge in [0, 0.05) is 33.1 Å². The molecule has 0 fully saturated rings. The number of hydrogen-bond donors (Lipinski definition) is 1. The third kappa shape index (κ3) is 12.9. The third-order valence-electron chi connectivity index (χ3n) is 5.17. The van der Waals surface area contributed by atoms with E-state index < -0.39 is 6.16 Å². The summed E-state index contributed by atoms with van der Waals surface area (Å²) in [5.74, 6) is 0.674. The van der Waals surface area contributed by atoms with E-state index in [0.29, 0.717) is 24.4 Å². The average molecular weight is 529 g/mol. The number of methoxy groups -OCH3 is 1. The van der Waals surface area contributed by atoms with Gasteiger partial charge in [0.25, 0.3) is 12.6 Å². The van der Waals surface area contributed by atoms with Gasteiger partial charge in [0.05, 0.1) is 7.11 Å². The smallest absolute Gasteiger partial charge is 0.493 e. The predicted molar refractivity (Wildman–Crippen MR) is 146 cm³/mol. The first kappa shape index (κ1) is 32.1. The number of unbranched alkanes of at least 4 members (excludes halogenated alkanes) is 2. The summed E-state index contributed by atoms with van der Waals surface area (Å²) in [6.07, 6.45) is 12.8. The number of nitrogens with one attached hydrogen (secondary N) is 1. The normalized spacial score (nSPS) is 12.1. The largest absolute Gasteiger partial charge is 0.518 e. The topological polar surface area (TPSA) is 98.0 Å². The zero-order valence-corrected chi connectivity index (χ0v) is 23.5. The Morgan fingerprint density at radius 2 is 1.92 bits per heavy atom. The lowest BCUT2D eigenvalue weighted by atomic mass is 10.1. The van der Waals surface area contributed by atoms with Crippen molar-refractivity contribution in [3.8, 4) is 0 Å². The highest BCUT2D eigenvalue weighted by atomic mass is 16.7. The average Bonchev–Trinajstić information content (AvgIpc) is 2.89. The lowest BCUT2D eigenvalue weighted by Crippen LogP contribution is -2.37. The monoisotopic (exact) mass is 528 g/mol. The van der Waals surface area contributed by atoms with Crippen LogP contribution in [0.15, 0.2) is 72.5 Å². The quantitative estimate of drug-likeness (QED) is 0.0888. The number of carbonyl (C=O) groups excluding carboxylic acids is 3. The van der Waals surface area contributed by atoms with Crippen LogP contribution in [0.4, 0.5) is 4.79 Å². The molecule has 1 aromatic rings. The van der Waals surface area contributed by atoms with Gasteiger partial charge in [-0.15, -0.1) is 0 Å². The summed E-state index contributed by atoms with van der Waals surface area (Å²) in [5, 5.41) is 2.89. The molecule has 0 aromatic carbocycles. The highest BCUT2D eigenvalue weighted by Gasteiger charge is 2.16.